The van der Waals surface area contributed by atoms with Crippen molar-refractivity contribution in [1.82, 2.24) is 14.8 Å². The van der Waals surface area contributed by atoms with E-state index >= 15 is 0 Å². The number of rotatable bonds is 5. The van der Waals surface area contributed by atoms with Crippen LogP contribution in [0.3, 0.4) is 0 Å². The monoisotopic (exact) mass is 298 g/mol. The summed E-state index contributed by atoms with van der Waals surface area (Å²) in [4.78, 5) is 4.51. The second kappa shape index (κ2) is 6.26. The third kappa shape index (κ3) is 3.39. The highest BCUT2D eigenvalue weighted by molar-refractivity contribution is 6.31. The van der Waals surface area contributed by atoms with Gasteiger partial charge in [0, 0.05) is 6.54 Å². The Labute approximate surface area is 122 Å². The van der Waals surface area contributed by atoms with Crippen LogP contribution < -0.4 is 5.32 Å². The van der Waals surface area contributed by atoms with Gasteiger partial charge >= 0.3 is 0 Å². The Hall–Kier alpha value is -1.26. The van der Waals surface area contributed by atoms with E-state index in [1.807, 2.05) is 19.1 Å². The summed E-state index contributed by atoms with van der Waals surface area (Å²) in [5.41, 5.74) is 1.69. The summed E-state index contributed by atoms with van der Waals surface area (Å²) < 4.78 is 1.79. The third-order valence-electron chi connectivity index (χ3n) is 2.82. The van der Waals surface area contributed by atoms with Crippen LogP contribution in [0, 0.1) is 6.92 Å². The first kappa shape index (κ1) is 14.2. The molecule has 0 unspecified atom stereocenters. The fraction of sp³-hybridized carbons (Fsp3) is 0.385. The highest BCUT2D eigenvalue weighted by atomic mass is 35.5. The molecule has 0 bridgehead atoms. The van der Waals surface area contributed by atoms with Crippen molar-refractivity contribution in [3.63, 3.8) is 0 Å². The van der Waals surface area contributed by atoms with E-state index in [4.69, 9.17) is 23.2 Å². The lowest BCUT2D eigenvalue weighted by atomic mass is 10.3. The van der Waals surface area contributed by atoms with Gasteiger partial charge in [-0.15, -0.1) is 0 Å². The molecule has 2 aromatic heterocycles. The number of halogens is 2. The standard InChI is InChI=1S/C13H16Cl2N4/c1-3-6-16-13-5-4-10(14)12(18-13)8-19-9(2)11(15)7-17-19/h4-5,7H,3,6,8H2,1-2H3,(H,16,18). The van der Waals surface area contributed by atoms with Crippen molar-refractivity contribution in [3.8, 4) is 0 Å². The van der Waals surface area contributed by atoms with Gasteiger partial charge in [0.1, 0.15) is 5.82 Å². The summed E-state index contributed by atoms with van der Waals surface area (Å²) in [7, 11) is 0. The molecule has 2 rings (SSSR count). The number of nitrogens with one attached hydrogen (secondary N) is 1. The first-order valence-corrected chi connectivity index (χ1v) is 6.94. The molecule has 0 aliphatic heterocycles. The zero-order valence-electron chi connectivity index (χ0n) is 11.0. The van der Waals surface area contributed by atoms with Crippen LogP contribution in [0.15, 0.2) is 18.3 Å². The Balaban J connectivity index is 2.21. The molecule has 1 N–H and O–H groups in total. The van der Waals surface area contributed by atoms with Crippen LogP contribution in [0.2, 0.25) is 10.0 Å². The highest BCUT2D eigenvalue weighted by Gasteiger charge is 2.09. The topological polar surface area (TPSA) is 42.7 Å². The summed E-state index contributed by atoms with van der Waals surface area (Å²) in [6, 6.07) is 3.73. The van der Waals surface area contributed by atoms with Gasteiger partial charge in [0.2, 0.25) is 0 Å². The van der Waals surface area contributed by atoms with Gasteiger partial charge in [-0.1, -0.05) is 30.1 Å². The minimum atomic E-state index is 0.513. The number of aromatic nitrogens is 3. The average molecular weight is 299 g/mol. The SMILES string of the molecule is CCCNc1ccc(Cl)c(Cn2ncc(Cl)c2C)n1. The Morgan fingerprint density at radius 1 is 1.26 bits per heavy atom. The second-order valence-corrected chi connectivity index (χ2v) is 5.10. The number of hydrogen-bond donors (Lipinski definition) is 1. The molecule has 0 spiro atoms. The van der Waals surface area contributed by atoms with Crippen molar-refractivity contribution in [2.45, 2.75) is 26.8 Å². The van der Waals surface area contributed by atoms with Gasteiger partial charge in [0.05, 0.1) is 34.2 Å². The molecule has 0 aliphatic rings. The van der Waals surface area contributed by atoms with Crippen LogP contribution >= 0.6 is 23.2 Å². The molecule has 2 heterocycles. The molecule has 0 atom stereocenters. The minimum absolute atomic E-state index is 0.513. The van der Waals surface area contributed by atoms with Crippen LogP contribution in [-0.2, 0) is 6.54 Å². The van der Waals surface area contributed by atoms with Crippen molar-refractivity contribution >= 4 is 29.0 Å². The summed E-state index contributed by atoms with van der Waals surface area (Å²) in [6.07, 6.45) is 2.68. The Morgan fingerprint density at radius 2 is 2.05 bits per heavy atom. The maximum absolute atomic E-state index is 6.17. The molecular weight excluding hydrogens is 283 g/mol. The number of hydrogen-bond acceptors (Lipinski definition) is 3. The van der Waals surface area contributed by atoms with Crippen LogP contribution in [0.1, 0.15) is 24.7 Å². The van der Waals surface area contributed by atoms with Gasteiger partial charge in [-0.25, -0.2) is 4.98 Å². The van der Waals surface area contributed by atoms with Crippen molar-refractivity contribution < 1.29 is 0 Å². The smallest absolute Gasteiger partial charge is 0.126 e. The van der Waals surface area contributed by atoms with Gasteiger partial charge < -0.3 is 5.32 Å². The van der Waals surface area contributed by atoms with Crippen molar-refractivity contribution in [2.24, 2.45) is 0 Å². The van der Waals surface area contributed by atoms with E-state index in [-0.39, 0.29) is 0 Å². The van der Waals surface area contributed by atoms with Crippen molar-refractivity contribution in [2.75, 3.05) is 11.9 Å². The van der Waals surface area contributed by atoms with Gasteiger partial charge in [-0.05, 0) is 25.5 Å². The lowest BCUT2D eigenvalue weighted by Crippen LogP contribution is -2.08. The predicted octanol–water partition coefficient (Wildman–Crippen LogP) is 3.76. The van der Waals surface area contributed by atoms with Crippen LogP contribution in [0.5, 0.6) is 0 Å². The molecule has 0 fully saturated rings. The first-order chi connectivity index (χ1) is 9.11. The zero-order valence-corrected chi connectivity index (χ0v) is 12.5. The Kier molecular flexibility index (Phi) is 4.66. The summed E-state index contributed by atoms with van der Waals surface area (Å²) >= 11 is 12.2. The zero-order chi connectivity index (χ0) is 13.8. The second-order valence-electron chi connectivity index (χ2n) is 4.29. The third-order valence-corrected chi connectivity index (χ3v) is 3.53. The summed E-state index contributed by atoms with van der Waals surface area (Å²) in [5, 5.41) is 8.73. The fourth-order valence-corrected chi connectivity index (χ4v) is 1.98. The molecule has 0 aliphatic carbocycles. The van der Waals surface area contributed by atoms with E-state index < -0.39 is 0 Å². The summed E-state index contributed by atoms with van der Waals surface area (Å²) in [5.74, 6) is 0.831. The largest absolute Gasteiger partial charge is 0.370 e. The van der Waals surface area contributed by atoms with E-state index in [9.17, 15) is 0 Å². The quantitative estimate of drug-likeness (QED) is 0.914. The summed E-state index contributed by atoms with van der Waals surface area (Å²) in [6.45, 7) is 5.43. The molecular formula is C13H16Cl2N4. The predicted molar refractivity (Wildman–Crippen MR) is 79.1 cm³/mol. The lowest BCUT2D eigenvalue weighted by Gasteiger charge is -2.09. The van der Waals surface area contributed by atoms with Gasteiger partial charge in [-0.3, -0.25) is 4.68 Å². The molecule has 0 radical (unpaired) electrons. The lowest BCUT2D eigenvalue weighted by molar-refractivity contribution is 0.653. The van der Waals surface area contributed by atoms with E-state index in [1.54, 1.807) is 10.9 Å². The fourth-order valence-electron chi connectivity index (χ4n) is 1.67. The maximum Gasteiger partial charge on any atom is 0.126 e. The van der Waals surface area contributed by atoms with Crippen LogP contribution in [0.4, 0.5) is 5.82 Å². The minimum Gasteiger partial charge on any atom is -0.370 e. The van der Waals surface area contributed by atoms with Crippen LogP contribution in [-0.4, -0.2) is 21.3 Å². The van der Waals surface area contributed by atoms with Gasteiger partial charge in [0.15, 0.2) is 0 Å². The normalized spacial score (nSPS) is 10.7. The molecule has 0 amide bonds. The number of nitrogens with zero attached hydrogens (tertiary/aromatic N) is 3. The molecule has 0 saturated carbocycles. The molecule has 102 valence electrons. The molecule has 6 heteroatoms. The van der Waals surface area contributed by atoms with E-state index in [0.717, 1.165) is 30.2 Å². The van der Waals surface area contributed by atoms with Crippen molar-refractivity contribution in [1.29, 1.82) is 0 Å². The Bertz CT molecular complexity index is 566. The first-order valence-electron chi connectivity index (χ1n) is 6.19. The highest BCUT2D eigenvalue weighted by Crippen LogP contribution is 2.20. The van der Waals surface area contributed by atoms with E-state index in [2.05, 4.69) is 22.3 Å². The molecule has 0 saturated heterocycles. The average Bonchev–Trinajstić information content (AvgIpc) is 2.71. The molecule has 2 aromatic rings. The maximum atomic E-state index is 6.17. The molecule has 0 aromatic carbocycles. The van der Waals surface area contributed by atoms with Gasteiger partial charge in [-0.2, -0.15) is 5.10 Å². The number of pyridine rings is 1. The van der Waals surface area contributed by atoms with Gasteiger partial charge in [0.25, 0.3) is 0 Å². The number of anilines is 1. The molecule has 4 nitrogen and oxygen atoms in total. The van der Waals surface area contributed by atoms with E-state index in [1.165, 1.54) is 0 Å². The van der Waals surface area contributed by atoms with Crippen LogP contribution in [0.25, 0.3) is 0 Å². The molecule has 19 heavy (non-hydrogen) atoms. The van der Waals surface area contributed by atoms with Crippen molar-refractivity contribution in [3.05, 3.63) is 39.8 Å². The van der Waals surface area contributed by atoms with E-state index in [0.29, 0.717) is 16.6 Å². The Morgan fingerprint density at radius 3 is 2.68 bits per heavy atom.